The van der Waals surface area contributed by atoms with Crippen molar-refractivity contribution in [2.45, 2.75) is 52.7 Å². The Labute approximate surface area is 83.2 Å². The predicted molar refractivity (Wildman–Crippen MR) is 57.4 cm³/mol. The Balaban J connectivity index is 3.84. The van der Waals surface area contributed by atoms with Gasteiger partial charge in [-0.15, -0.1) is 0 Å². The van der Waals surface area contributed by atoms with E-state index in [2.05, 4.69) is 27.8 Å². The van der Waals surface area contributed by atoms with Crippen molar-refractivity contribution in [3.05, 3.63) is 0 Å². The Morgan fingerprint density at radius 1 is 1.08 bits per heavy atom. The van der Waals surface area contributed by atoms with E-state index in [0.717, 1.165) is 30.4 Å². The number of aliphatic hydroxyl groups excluding tert-OH is 1. The van der Waals surface area contributed by atoms with Crippen molar-refractivity contribution in [2.24, 2.45) is 0 Å². The van der Waals surface area contributed by atoms with Gasteiger partial charge >= 0.3 is 0 Å². The zero-order valence-electron chi connectivity index (χ0n) is 9.71. The lowest BCUT2D eigenvalue weighted by Crippen LogP contribution is -2.51. The molecule has 1 unspecified atom stereocenters. The summed E-state index contributed by atoms with van der Waals surface area (Å²) in [7, 11) is 2.14. The van der Waals surface area contributed by atoms with Crippen molar-refractivity contribution >= 4 is 0 Å². The van der Waals surface area contributed by atoms with Crippen LogP contribution in [-0.2, 0) is 0 Å². The maximum absolute atomic E-state index is 9.97. The molecule has 2 heteroatoms. The Hall–Kier alpha value is -0.0800. The summed E-state index contributed by atoms with van der Waals surface area (Å²) < 4.78 is 0.795. The molecule has 0 aliphatic rings. The van der Waals surface area contributed by atoms with E-state index in [1.165, 1.54) is 12.8 Å². The second-order valence-corrected chi connectivity index (χ2v) is 4.09. The molecule has 2 nitrogen and oxygen atoms in total. The highest BCUT2D eigenvalue weighted by atomic mass is 16.3. The van der Waals surface area contributed by atoms with Crippen molar-refractivity contribution < 1.29 is 9.59 Å². The van der Waals surface area contributed by atoms with E-state index in [-0.39, 0.29) is 6.23 Å². The molecule has 1 atom stereocenters. The number of aliphatic hydroxyl groups is 1. The molecule has 0 aliphatic carbocycles. The molecule has 0 radical (unpaired) electrons. The van der Waals surface area contributed by atoms with E-state index in [1.807, 2.05) is 0 Å². The SMILES string of the molecule is CCCCCC(O)[N+](C)(CC)CC. The molecule has 0 bridgehead atoms. The van der Waals surface area contributed by atoms with Gasteiger partial charge < -0.3 is 9.59 Å². The normalized spacial score (nSPS) is 14.5. The lowest BCUT2D eigenvalue weighted by Gasteiger charge is -2.36. The maximum Gasteiger partial charge on any atom is 0.190 e. The second kappa shape index (κ2) is 6.39. The van der Waals surface area contributed by atoms with E-state index >= 15 is 0 Å². The molecule has 0 amide bonds. The number of unbranched alkanes of at least 4 members (excludes halogenated alkanes) is 2. The number of hydrogen-bond acceptors (Lipinski definition) is 1. The van der Waals surface area contributed by atoms with Crippen molar-refractivity contribution in [3.8, 4) is 0 Å². The number of hydrogen-bond donors (Lipinski definition) is 1. The van der Waals surface area contributed by atoms with Crippen LogP contribution in [0.5, 0.6) is 0 Å². The standard InChI is InChI=1S/C11H26NO/c1-5-8-9-10-11(13)12(4,6-2)7-3/h11,13H,5-10H2,1-4H3/q+1. The van der Waals surface area contributed by atoms with Crippen molar-refractivity contribution in [1.29, 1.82) is 0 Å². The van der Waals surface area contributed by atoms with Crippen LogP contribution in [0.1, 0.15) is 46.5 Å². The molecule has 80 valence electrons. The molecule has 0 spiro atoms. The van der Waals surface area contributed by atoms with Crippen LogP contribution in [-0.4, -0.2) is 36.0 Å². The average molecular weight is 188 g/mol. The van der Waals surface area contributed by atoms with Crippen molar-refractivity contribution in [2.75, 3.05) is 20.1 Å². The van der Waals surface area contributed by atoms with Gasteiger partial charge in [0.2, 0.25) is 0 Å². The summed E-state index contributed by atoms with van der Waals surface area (Å²) in [4.78, 5) is 0. The van der Waals surface area contributed by atoms with Crippen LogP contribution in [0.25, 0.3) is 0 Å². The molecular weight excluding hydrogens is 162 g/mol. The summed E-state index contributed by atoms with van der Waals surface area (Å²) in [6.45, 7) is 8.52. The van der Waals surface area contributed by atoms with Crippen LogP contribution in [0, 0.1) is 0 Å². The summed E-state index contributed by atoms with van der Waals surface area (Å²) in [5.74, 6) is 0. The molecule has 0 fully saturated rings. The van der Waals surface area contributed by atoms with Gasteiger partial charge in [0.25, 0.3) is 0 Å². The molecule has 0 aromatic carbocycles. The molecule has 0 saturated heterocycles. The monoisotopic (exact) mass is 188 g/mol. The second-order valence-electron chi connectivity index (χ2n) is 4.09. The summed E-state index contributed by atoms with van der Waals surface area (Å²) in [5.41, 5.74) is 0. The van der Waals surface area contributed by atoms with Crippen molar-refractivity contribution in [1.82, 2.24) is 0 Å². The molecule has 0 aromatic rings. The van der Waals surface area contributed by atoms with Gasteiger partial charge in [0, 0.05) is 6.42 Å². The zero-order valence-corrected chi connectivity index (χ0v) is 9.71. The van der Waals surface area contributed by atoms with E-state index in [4.69, 9.17) is 0 Å². The lowest BCUT2D eigenvalue weighted by molar-refractivity contribution is -0.951. The first-order chi connectivity index (χ1) is 6.10. The van der Waals surface area contributed by atoms with Crippen LogP contribution in [0.2, 0.25) is 0 Å². The fourth-order valence-corrected chi connectivity index (χ4v) is 1.53. The largest absolute Gasteiger partial charge is 0.345 e. The van der Waals surface area contributed by atoms with Gasteiger partial charge in [0.1, 0.15) is 0 Å². The minimum atomic E-state index is -0.165. The first-order valence-corrected chi connectivity index (χ1v) is 5.63. The number of rotatable bonds is 7. The molecular formula is C11H26NO+. The predicted octanol–water partition coefficient (Wildman–Crippen LogP) is 2.37. The lowest BCUT2D eigenvalue weighted by atomic mass is 10.1. The Morgan fingerprint density at radius 3 is 2.00 bits per heavy atom. The van der Waals surface area contributed by atoms with Crippen LogP contribution in [0.4, 0.5) is 0 Å². The van der Waals surface area contributed by atoms with Crippen molar-refractivity contribution in [3.63, 3.8) is 0 Å². The van der Waals surface area contributed by atoms with Crippen LogP contribution < -0.4 is 0 Å². The van der Waals surface area contributed by atoms with Gasteiger partial charge in [-0.05, 0) is 20.3 Å². The Morgan fingerprint density at radius 2 is 1.62 bits per heavy atom. The van der Waals surface area contributed by atoms with Gasteiger partial charge in [-0.25, -0.2) is 0 Å². The van der Waals surface area contributed by atoms with Gasteiger partial charge in [-0.1, -0.05) is 19.8 Å². The average Bonchev–Trinajstić information content (AvgIpc) is 2.17. The first-order valence-electron chi connectivity index (χ1n) is 5.63. The third-order valence-electron chi connectivity index (χ3n) is 3.23. The molecule has 0 heterocycles. The zero-order chi connectivity index (χ0) is 10.3. The molecule has 0 aromatic heterocycles. The third kappa shape index (κ3) is 4.10. The van der Waals surface area contributed by atoms with Gasteiger partial charge in [-0.3, -0.25) is 0 Å². The first kappa shape index (κ1) is 12.9. The van der Waals surface area contributed by atoms with Crippen LogP contribution in [0.3, 0.4) is 0 Å². The van der Waals surface area contributed by atoms with Crippen LogP contribution in [0.15, 0.2) is 0 Å². The highest BCUT2D eigenvalue weighted by Crippen LogP contribution is 2.14. The highest BCUT2D eigenvalue weighted by molar-refractivity contribution is 4.46. The molecule has 0 saturated carbocycles. The summed E-state index contributed by atoms with van der Waals surface area (Å²) in [6, 6.07) is 0. The summed E-state index contributed by atoms with van der Waals surface area (Å²) in [6.07, 6.45) is 4.41. The van der Waals surface area contributed by atoms with E-state index in [9.17, 15) is 5.11 Å². The number of nitrogens with zero attached hydrogens (tertiary/aromatic N) is 1. The Bertz CT molecular complexity index is 121. The number of quaternary nitrogens is 1. The molecule has 0 rings (SSSR count). The third-order valence-corrected chi connectivity index (χ3v) is 3.23. The van der Waals surface area contributed by atoms with Gasteiger partial charge in [-0.2, -0.15) is 0 Å². The minimum absolute atomic E-state index is 0.165. The quantitative estimate of drug-likeness (QED) is 0.369. The van der Waals surface area contributed by atoms with E-state index in [1.54, 1.807) is 0 Å². The van der Waals surface area contributed by atoms with Crippen LogP contribution >= 0.6 is 0 Å². The molecule has 13 heavy (non-hydrogen) atoms. The summed E-state index contributed by atoms with van der Waals surface area (Å²) >= 11 is 0. The minimum Gasteiger partial charge on any atom is -0.345 e. The van der Waals surface area contributed by atoms with E-state index in [0.29, 0.717) is 0 Å². The topological polar surface area (TPSA) is 20.2 Å². The fourth-order valence-electron chi connectivity index (χ4n) is 1.53. The highest BCUT2D eigenvalue weighted by Gasteiger charge is 2.26. The Kier molecular flexibility index (Phi) is 6.35. The molecule has 0 aliphatic heterocycles. The smallest absolute Gasteiger partial charge is 0.190 e. The maximum atomic E-state index is 9.97. The molecule has 1 N–H and O–H groups in total. The fraction of sp³-hybridized carbons (Fsp3) is 1.00. The summed E-state index contributed by atoms with van der Waals surface area (Å²) in [5, 5.41) is 9.97. The van der Waals surface area contributed by atoms with Gasteiger partial charge in [0.05, 0.1) is 20.1 Å². The van der Waals surface area contributed by atoms with E-state index < -0.39 is 0 Å². The van der Waals surface area contributed by atoms with Gasteiger partial charge in [0.15, 0.2) is 6.23 Å².